The number of rotatable bonds is 2. The van der Waals surface area contributed by atoms with Gasteiger partial charge in [0.25, 0.3) is 0 Å². The number of benzene rings is 1. The molecule has 1 amide bonds. The monoisotopic (exact) mass is 389 g/mol. The van der Waals surface area contributed by atoms with Gasteiger partial charge < -0.3 is 23.7 Å². The van der Waals surface area contributed by atoms with Crippen molar-refractivity contribution in [3.63, 3.8) is 0 Å². The largest absolute Gasteiger partial charge is 0.494 e. The fraction of sp³-hybridized carbons (Fsp3) is 0.667. The van der Waals surface area contributed by atoms with E-state index in [1.807, 2.05) is 72.7 Å². The van der Waals surface area contributed by atoms with Gasteiger partial charge in [0.15, 0.2) is 0 Å². The number of carbonyl (C=O) groups excluding carboxylic acids is 1. The number of hydrogen-bond acceptors (Lipinski definition) is 5. The minimum atomic E-state index is -0.512. The quantitative estimate of drug-likeness (QED) is 0.727. The van der Waals surface area contributed by atoms with Gasteiger partial charge in [-0.15, -0.1) is 0 Å². The van der Waals surface area contributed by atoms with E-state index in [0.29, 0.717) is 19.7 Å². The van der Waals surface area contributed by atoms with Crippen LogP contribution in [0.4, 0.5) is 4.79 Å². The lowest BCUT2D eigenvalue weighted by atomic mass is 9.78. The van der Waals surface area contributed by atoms with Gasteiger partial charge in [-0.05, 0) is 59.5 Å². The SMILES string of the molecule is CC(C)(C)OC(=O)N1CCOC(c2cccc(B3OC(C)(C)C(C)(C)O3)c2)C1. The normalized spacial score (nSPS) is 24.3. The molecule has 0 aliphatic carbocycles. The molecule has 0 N–H and O–H groups in total. The van der Waals surface area contributed by atoms with Crippen molar-refractivity contribution in [3.05, 3.63) is 29.8 Å². The Morgan fingerprint density at radius 1 is 1.18 bits per heavy atom. The van der Waals surface area contributed by atoms with E-state index >= 15 is 0 Å². The van der Waals surface area contributed by atoms with Gasteiger partial charge in [0.05, 0.1) is 24.4 Å². The average molecular weight is 389 g/mol. The van der Waals surface area contributed by atoms with E-state index in [4.69, 9.17) is 18.8 Å². The van der Waals surface area contributed by atoms with Crippen LogP contribution in [0.1, 0.15) is 60.1 Å². The molecule has 2 heterocycles. The molecule has 0 bridgehead atoms. The van der Waals surface area contributed by atoms with Crippen LogP contribution < -0.4 is 5.46 Å². The highest BCUT2D eigenvalue weighted by atomic mass is 16.7. The third kappa shape index (κ3) is 4.53. The van der Waals surface area contributed by atoms with E-state index in [2.05, 4.69) is 0 Å². The number of nitrogens with zero attached hydrogens (tertiary/aromatic N) is 1. The molecular weight excluding hydrogens is 357 g/mol. The summed E-state index contributed by atoms with van der Waals surface area (Å²) in [4.78, 5) is 14.1. The second-order valence-electron chi connectivity index (χ2n) is 9.54. The Morgan fingerprint density at radius 3 is 2.43 bits per heavy atom. The Morgan fingerprint density at radius 2 is 1.82 bits per heavy atom. The third-order valence-corrected chi connectivity index (χ3v) is 5.53. The molecule has 0 spiro atoms. The molecule has 6 nitrogen and oxygen atoms in total. The van der Waals surface area contributed by atoms with Gasteiger partial charge in [-0.2, -0.15) is 0 Å². The number of amides is 1. The molecule has 2 aliphatic rings. The Hall–Kier alpha value is -1.57. The first-order chi connectivity index (χ1) is 12.9. The van der Waals surface area contributed by atoms with Crippen molar-refractivity contribution < 1.29 is 23.6 Å². The molecule has 2 aliphatic heterocycles. The summed E-state index contributed by atoms with van der Waals surface area (Å²) >= 11 is 0. The van der Waals surface area contributed by atoms with Gasteiger partial charge in [0, 0.05) is 6.54 Å². The van der Waals surface area contributed by atoms with Crippen molar-refractivity contribution in [1.82, 2.24) is 4.90 Å². The van der Waals surface area contributed by atoms with Crippen LogP contribution in [-0.4, -0.2) is 54.6 Å². The first-order valence-corrected chi connectivity index (χ1v) is 9.93. The number of hydrogen-bond donors (Lipinski definition) is 0. The second kappa shape index (κ2) is 7.36. The lowest BCUT2D eigenvalue weighted by Gasteiger charge is -2.34. The summed E-state index contributed by atoms with van der Waals surface area (Å²) in [5.41, 5.74) is 0.668. The minimum Gasteiger partial charge on any atom is -0.444 e. The predicted molar refractivity (Wildman–Crippen MR) is 109 cm³/mol. The first-order valence-electron chi connectivity index (χ1n) is 9.93. The Labute approximate surface area is 168 Å². The van der Waals surface area contributed by atoms with E-state index in [9.17, 15) is 4.79 Å². The molecular formula is C21H32BNO5. The van der Waals surface area contributed by atoms with Crippen molar-refractivity contribution >= 4 is 18.7 Å². The van der Waals surface area contributed by atoms with Crippen LogP contribution in [-0.2, 0) is 18.8 Å². The predicted octanol–water partition coefficient (Wildman–Crippen LogP) is 3.29. The van der Waals surface area contributed by atoms with Crippen molar-refractivity contribution in [2.75, 3.05) is 19.7 Å². The van der Waals surface area contributed by atoms with Gasteiger partial charge in [0.1, 0.15) is 11.7 Å². The standard InChI is InChI=1S/C21H32BNO5/c1-19(2,3)26-18(24)23-11-12-25-17(14-23)15-9-8-10-16(13-15)22-27-20(4,5)21(6,7)28-22/h8-10,13,17H,11-12,14H2,1-7H3. The second-order valence-corrected chi connectivity index (χ2v) is 9.54. The summed E-state index contributed by atoms with van der Waals surface area (Å²) in [6.07, 6.45) is -0.508. The van der Waals surface area contributed by atoms with Gasteiger partial charge in [-0.3, -0.25) is 0 Å². The number of morpholine rings is 1. The fourth-order valence-corrected chi connectivity index (χ4v) is 3.23. The Kier molecular flexibility index (Phi) is 5.56. The summed E-state index contributed by atoms with van der Waals surface area (Å²) in [6, 6.07) is 8.04. The molecule has 1 aromatic rings. The minimum absolute atomic E-state index is 0.205. The summed E-state index contributed by atoms with van der Waals surface area (Å²) in [5.74, 6) is 0. The van der Waals surface area contributed by atoms with Gasteiger partial charge in [-0.1, -0.05) is 24.3 Å². The smallest absolute Gasteiger partial charge is 0.444 e. The highest BCUT2D eigenvalue weighted by Gasteiger charge is 2.51. The topological polar surface area (TPSA) is 57.2 Å². The highest BCUT2D eigenvalue weighted by Crippen LogP contribution is 2.36. The van der Waals surface area contributed by atoms with Crippen LogP contribution in [0.5, 0.6) is 0 Å². The Balaban J connectivity index is 1.73. The Bertz CT molecular complexity index is 712. The van der Waals surface area contributed by atoms with E-state index in [1.54, 1.807) is 4.90 Å². The maximum absolute atomic E-state index is 12.4. The van der Waals surface area contributed by atoms with Crippen molar-refractivity contribution in [2.24, 2.45) is 0 Å². The summed E-state index contributed by atoms with van der Waals surface area (Å²) in [7, 11) is -0.421. The molecule has 154 valence electrons. The number of ether oxygens (including phenoxy) is 2. The van der Waals surface area contributed by atoms with Crippen molar-refractivity contribution in [2.45, 2.75) is 71.4 Å². The van der Waals surface area contributed by atoms with Crippen LogP contribution >= 0.6 is 0 Å². The molecule has 7 heteroatoms. The molecule has 1 atom stereocenters. The summed E-state index contributed by atoms with van der Waals surface area (Å²) in [6.45, 7) is 15.2. The van der Waals surface area contributed by atoms with Crippen molar-refractivity contribution in [1.29, 1.82) is 0 Å². The maximum Gasteiger partial charge on any atom is 0.494 e. The van der Waals surface area contributed by atoms with Crippen LogP contribution in [0.2, 0.25) is 0 Å². The molecule has 3 rings (SSSR count). The first kappa shape index (κ1) is 21.2. The zero-order valence-corrected chi connectivity index (χ0v) is 18.1. The van der Waals surface area contributed by atoms with Gasteiger partial charge >= 0.3 is 13.2 Å². The van der Waals surface area contributed by atoms with Gasteiger partial charge in [-0.25, -0.2) is 4.79 Å². The maximum atomic E-state index is 12.4. The molecule has 1 unspecified atom stereocenters. The zero-order chi connectivity index (χ0) is 20.7. The fourth-order valence-electron chi connectivity index (χ4n) is 3.23. The van der Waals surface area contributed by atoms with E-state index in [0.717, 1.165) is 11.0 Å². The van der Waals surface area contributed by atoms with Crippen LogP contribution in [0.15, 0.2) is 24.3 Å². The van der Waals surface area contributed by atoms with E-state index < -0.39 is 12.7 Å². The molecule has 0 aromatic heterocycles. The van der Waals surface area contributed by atoms with E-state index in [-0.39, 0.29) is 23.4 Å². The lowest BCUT2D eigenvalue weighted by Crippen LogP contribution is -2.45. The van der Waals surface area contributed by atoms with Crippen LogP contribution in [0, 0.1) is 0 Å². The van der Waals surface area contributed by atoms with Crippen LogP contribution in [0.3, 0.4) is 0 Å². The summed E-state index contributed by atoms with van der Waals surface area (Å²) < 4.78 is 23.8. The summed E-state index contributed by atoms with van der Waals surface area (Å²) in [5, 5.41) is 0. The average Bonchev–Trinajstić information content (AvgIpc) is 2.81. The van der Waals surface area contributed by atoms with Crippen LogP contribution in [0.25, 0.3) is 0 Å². The van der Waals surface area contributed by atoms with Crippen molar-refractivity contribution in [3.8, 4) is 0 Å². The molecule has 1 aromatic carbocycles. The molecule has 2 fully saturated rings. The highest BCUT2D eigenvalue weighted by molar-refractivity contribution is 6.62. The molecule has 28 heavy (non-hydrogen) atoms. The van der Waals surface area contributed by atoms with Gasteiger partial charge in [0.2, 0.25) is 0 Å². The molecule has 0 radical (unpaired) electrons. The lowest BCUT2D eigenvalue weighted by molar-refractivity contribution is -0.0432. The molecule has 0 saturated carbocycles. The zero-order valence-electron chi connectivity index (χ0n) is 18.1. The molecule has 2 saturated heterocycles. The van der Waals surface area contributed by atoms with E-state index in [1.165, 1.54) is 0 Å². The third-order valence-electron chi connectivity index (χ3n) is 5.53. The number of carbonyl (C=O) groups is 1.